The van der Waals surface area contributed by atoms with E-state index in [2.05, 4.69) is 10.3 Å². The third-order valence-corrected chi connectivity index (χ3v) is 1.73. The third kappa shape index (κ3) is 3.01. The molecule has 4 nitrogen and oxygen atoms in total. The van der Waals surface area contributed by atoms with Gasteiger partial charge in [0.05, 0.1) is 6.61 Å². The van der Waals surface area contributed by atoms with Gasteiger partial charge in [-0.15, -0.1) is 0 Å². The van der Waals surface area contributed by atoms with Gasteiger partial charge in [0.2, 0.25) is 0 Å². The van der Waals surface area contributed by atoms with E-state index in [4.69, 9.17) is 10.8 Å². The number of hydrogen-bond acceptors (Lipinski definition) is 4. The lowest BCUT2D eigenvalue weighted by Gasteiger charge is -2.11. The van der Waals surface area contributed by atoms with Gasteiger partial charge < -0.3 is 16.2 Å². The third-order valence-electron chi connectivity index (χ3n) is 1.73. The lowest BCUT2D eigenvalue weighted by Crippen LogP contribution is -2.20. The van der Waals surface area contributed by atoms with Crippen LogP contribution in [0, 0.1) is 0 Å². The van der Waals surface area contributed by atoms with Crippen molar-refractivity contribution in [1.29, 1.82) is 0 Å². The summed E-state index contributed by atoms with van der Waals surface area (Å²) in [4.78, 5) is 4.10. The molecular weight excluding hydrogens is 166 g/mol. The van der Waals surface area contributed by atoms with E-state index in [1.807, 2.05) is 19.1 Å². The zero-order chi connectivity index (χ0) is 9.68. The summed E-state index contributed by atoms with van der Waals surface area (Å²) in [6.45, 7) is 2.48. The molecule has 0 radical (unpaired) electrons. The Labute approximate surface area is 77.8 Å². The van der Waals surface area contributed by atoms with E-state index in [1.165, 1.54) is 0 Å². The number of nitrogens with two attached hydrogens (primary N) is 1. The first-order chi connectivity index (χ1) is 6.26. The Kier molecular flexibility index (Phi) is 3.67. The van der Waals surface area contributed by atoms with Crippen LogP contribution in [0.15, 0.2) is 18.3 Å². The van der Waals surface area contributed by atoms with Crippen molar-refractivity contribution < 1.29 is 5.11 Å². The zero-order valence-electron chi connectivity index (χ0n) is 7.70. The molecule has 0 bridgehead atoms. The monoisotopic (exact) mass is 181 g/mol. The number of rotatable bonds is 4. The summed E-state index contributed by atoms with van der Waals surface area (Å²) in [7, 11) is 0. The fourth-order valence-electron chi connectivity index (χ4n) is 0.978. The Morgan fingerprint density at radius 2 is 2.46 bits per heavy atom. The summed E-state index contributed by atoms with van der Waals surface area (Å²) in [6.07, 6.45) is 1.70. The fraction of sp³-hybridized carbons (Fsp3) is 0.444. The van der Waals surface area contributed by atoms with Gasteiger partial charge in [0, 0.05) is 18.8 Å². The maximum atomic E-state index is 8.81. The highest BCUT2D eigenvalue weighted by molar-refractivity contribution is 5.38. The Bertz CT molecular complexity index is 265. The van der Waals surface area contributed by atoms with E-state index >= 15 is 0 Å². The topological polar surface area (TPSA) is 71.2 Å². The fourth-order valence-corrected chi connectivity index (χ4v) is 0.978. The van der Waals surface area contributed by atoms with Gasteiger partial charge in [-0.1, -0.05) is 0 Å². The van der Waals surface area contributed by atoms with Crippen LogP contribution in [0.2, 0.25) is 0 Å². The van der Waals surface area contributed by atoms with E-state index in [-0.39, 0.29) is 12.6 Å². The lowest BCUT2D eigenvalue weighted by atomic mass is 10.2. The van der Waals surface area contributed by atoms with Crippen LogP contribution in [0.25, 0.3) is 0 Å². The molecule has 4 heteroatoms. The van der Waals surface area contributed by atoms with Crippen LogP contribution in [0.5, 0.6) is 0 Å². The molecule has 4 N–H and O–H groups in total. The second-order valence-electron chi connectivity index (χ2n) is 2.98. The number of nitrogens with zero attached hydrogens (tertiary/aromatic N) is 1. The normalized spacial score (nSPS) is 12.5. The van der Waals surface area contributed by atoms with Crippen molar-refractivity contribution in [3.05, 3.63) is 23.9 Å². The SMILES string of the molecule is CC(CO)Nc1cc(CN)ccn1. The molecule has 0 aliphatic carbocycles. The molecule has 0 saturated heterocycles. The van der Waals surface area contributed by atoms with Gasteiger partial charge in [0.15, 0.2) is 0 Å². The number of pyridine rings is 1. The quantitative estimate of drug-likeness (QED) is 0.626. The first-order valence-electron chi connectivity index (χ1n) is 4.28. The molecule has 72 valence electrons. The number of aliphatic hydroxyl groups is 1. The molecule has 0 saturated carbocycles. The van der Waals surface area contributed by atoms with Gasteiger partial charge in [-0.3, -0.25) is 0 Å². The van der Waals surface area contributed by atoms with Crippen LogP contribution >= 0.6 is 0 Å². The van der Waals surface area contributed by atoms with E-state index < -0.39 is 0 Å². The number of aromatic nitrogens is 1. The average Bonchev–Trinajstić information content (AvgIpc) is 2.18. The van der Waals surface area contributed by atoms with Gasteiger partial charge in [0.25, 0.3) is 0 Å². The number of anilines is 1. The molecule has 1 aromatic heterocycles. The summed E-state index contributed by atoms with van der Waals surface area (Å²) < 4.78 is 0. The summed E-state index contributed by atoms with van der Waals surface area (Å²) in [5.41, 5.74) is 6.51. The molecule has 1 unspecified atom stereocenters. The summed E-state index contributed by atoms with van der Waals surface area (Å²) in [5.74, 6) is 0.754. The molecule has 0 aliphatic heterocycles. The molecule has 0 aromatic carbocycles. The number of hydrogen-bond donors (Lipinski definition) is 3. The second-order valence-corrected chi connectivity index (χ2v) is 2.98. The predicted molar refractivity (Wildman–Crippen MR) is 52.3 cm³/mol. The molecule has 13 heavy (non-hydrogen) atoms. The maximum absolute atomic E-state index is 8.81. The number of nitrogens with one attached hydrogen (secondary N) is 1. The highest BCUT2D eigenvalue weighted by Gasteiger charge is 2.00. The van der Waals surface area contributed by atoms with E-state index in [1.54, 1.807) is 6.20 Å². The van der Waals surface area contributed by atoms with Gasteiger partial charge in [-0.25, -0.2) is 4.98 Å². The van der Waals surface area contributed by atoms with Gasteiger partial charge >= 0.3 is 0 Å². The Morgan fingerprint density at radius 3 is 3.08 bits per heavy atom. The molecule has 0 aliphatic rings. The smallest absolute Gasteiger partial charge is 0.126 e. The Morgan fingerprint density at radius 1 is 1.69 bits per heavy atom. The van der Waals surface area contributed by atoms with Crippen LogP contribution in [0.1, 0.15) is 12.5 Å². The van der Waals surface area contributed by atoms with Crippen molar-refractivity contribution in [2.45, 2.75) is 19.5 Å². The highest BCUT2D eigenvalue weighted by atomic mass is 16.3. The molecule has 0 amide bonds. The van der Waals surface area contributed by atoms with Crippen LogP contribution in [-0.2, 0) is 6.54 Å². The molecule has 1 aromatic rings. The van der Waals surface area contributed by atoms with E-state index in [9.17, 15) is 0 Å². The van der Waals surface area contributed by atoms with Crippen LogP contribution in [0.4, 0.5) is 5.82 Å². The van der Waals surface area contributed by atoms with Crippen molar-refractivity contribution in [2.75, 3.05) is 11.9 Å². The molecular formula is C9H15N3O. The molecule has 1 heterocycles. The number of aliphatic hydroxyl groups excluding tert-OH is 1. The zero-order valence-corrected chi connectivity index (χ0v) is 7.70. The Balaban J connectivity index is 2.66. The average molecular weight is 181 g/mol. The molecule has 1 rings (SSSR count). The highest BCUT2D eigenvalue weighted by Crippen LogP contribution is 2.06. The van der Waals surface area contributed by atoms with Gasteiger partial charge in [-0.05, 0) is 24.6 Å². The van der Waals surface area contributed by atoms with Crippen molar-refractivity contribution in [3.8, 4) is 0 Å². The van der Waals surface area contributed by atoms with E-state index in [0.29, 0.717) is 6.54 Å². The first-order valence-corrected chi connectivity index (χ1v) is 4.28. The minimum absolute atomic E-state index is 0.0144. The van der Waals surface area contributed by atoms with E-state index in [0.717, 1.165) is 11.4 Å². The predicted octanol–water partition coefficient (Wildman–Crippen LogP) is 0.333. The van der Waals surface area contributed by atoms with Crippen LogP contribution in [-0.4, -0.2) is 22.7 Å². The maximum Gasteiger partial charge on any atom is 0.126 e. The van der Waals surface area contributed by atoms with Crippen LogP contribution in [0.3, 0.4) is 0 Å². The standard InChI is InChI=1S/C9H15N3O/c1-7(6-13)12-9-4-8(5-10)2-3-11-9/h2-4,7,13H,5-6,10H2,1H3,(H,11,12). The van der Waals surface area contributed by atoms with Crippen molar-refractivity contribution in [2.24, 2.45) is 5.73 Å². The van der Waals surface area contributed by atoms with Crippen molar-refractivity contribution in [3.63, 3.8) is 0 Å². The minimum Gasteiger partial charge on any atom is -0.394 e. The summed E-state index contributed by atoms with van der Waals surface area (Å²) in [6, 6.07) is 3.77. The lowest BCUT2D eigenvalue weighted by molar-refractivity contribution is 0.281. The minimum atomic E-state index is 0.0144. The van der Waals surface area contributed by atoms with Crippen molar-refractivity contribution in [1.82, 2.24) is 4.98 Å². The van der Waals surface area contributed by atoms with Gasteiger partial charge in [-0.2, -0.15) is 0 Å². The summed E-state index contributed by atoms with van der Waals surface area (Å²) >= 11 is 0. The van der Waals surface area contributed by atoms with Crippen LogP contribution < -0.4 is 11.1 Å². The molecule has 0 spiro atoms. The van der Waals surface area contributed by atoms with Crippen molar-refractivity contribution >= 4 is 5.82 Å². The largest absolute Gasteiger partial charge is 0.394 e. The van der Waals surface area contributed by atoms with Gasteiger partial charge in [0.1, 0.15) is 5.82 Å². The molecule has 0 fully saturated rings. The Hall–Kier alpha value is -1.13. The summed E-state index contributed by atoms with van der Waals surface area (Å²) in [5, 5.41) is 11.9. The second kappa shape index (κ2) is 4.79. The molecule has 1 atom stereocenters. The first kappa shape index (κ1) is 9.95.